The molecule has 3 aromatic carbocycles. The summed E-state index contributed by atoms with van der Waals surface area (Å²) in [6.45, 7) is 7.12. The van der Waals surface area contributed by atoms with Crippen molar-refractivity contribution in [2.75, 3.05) is 5.32 Å². The monoisotopic (exact) mass is 531 g/mol. The maximum atomic E-state index is 14.0. The molecule has 6 nitrogen and oxygen atoms in total. The average Bonchev–Trinajstić information content (AvgIpc) is 2.89. The molecule has 1 aromatic heterocycles. The highest BCUT2D eigenvalue weighted by Gasteiger charge is 2.37. The van der Waals surface area contributed by atoms with Crippen molar-refractivity contribution < 1.29 is 23.4 Å². The Morgan fingerprint density at radius 1 is 0.974 bits per heavy atom. The number of anilines is 1. The first-order valence-corrected chi connectivity index (χ1v) is 12.6. The molecule has 0 saturated carbocycles. The van der Waals surface area contributed by atoms with Gasteiger partial charge in [-0.2, -0.15) is 8.78 Å². The fourth-order valence-corrected chi connectivity index (χ4v) is 4.31. The standard InChI is InChI=1S/C31H31F2N3O3/c1-19-5-14-27(20(2)17-19)21(3)39-30-29(34-15-16-35-30)24-8-12-26(13-9-24)36-28(38)18-23-6-10-25(11-7-23)31(32,33)22(4)37/h5-17,21-22,37H,18H2,1-4H3,(H,36,38). The number of hydrogen-bond acceptors (Lipinski definition) is 5. The van der Waals surface area contributed by atoms with Gasteiger partial charge in [-0.15, -0.1) is 0 Å². The molecule has 2 atom stereocenters. The molecule has 0 bridgehead atoms. The predicted molar refractivity (Wildman–Crippen MR) is 147 cm³/mol. The second kappa shape index (κ2) is 11.7. The van der Waals surface area contributed by atoms with Crippen LogP contribution in [-0.4, -0.2) is 27.1 Å². The van der Waals surface area contributed by atoms with Gasteiger partial charge in [0.25, 0.3) is 5.92 Å². The van der Waals surface area contributed by atoms with Crippen molar-refractivity contribution in [2.45, 2.75) is 52.2 Å². The van der Waals surface area contributed by atoms with E-state index in [0.29, 0.717) is 22.8 Å². The van der Waals surface area contributed by atoms with Gasteiger partial charge in [0.1, 0.15) is 17.9 Å². The van der Waals surface area contributed by atoms with Gasteiger partial charge in [-0.3, -0.25) is 4.79 Å². The first-order valence-electron chi connectivity index (χ1n) is 12.6. The van der Waals surface area contributed by atoms with Crippen molar-refractivity contribution in [3.05, 3.63) is 107 Å². The van der Waals surface area contributed by atoms with Gasteiger partial charge in [0.2, 0.25) is 11.8 Å². The first kappa shape index (κ1) is 27.9. The van der Waals surface area contributed by atoms with E-state index in [1.807, 2.05) is 19.1 Å². The van der Waals surface area contributed by atoms with E-state index in [-0.39, 0.29) is 24.0 Å². The molecule has 1 amide bonds. The second-order valence-electron chi connectivity index (χ2n) is 9.63. The molecule has 202 valence electrons. The number of nitrogens with zero attached hydrogens (tertiary/aromatic N) is 2. The van der Waals surface area contributed by atoms with Crippen LogP contribution in [0.25, 0.3) is 11.3 Å². The molecule has 4 rings (SSSR count). The van der Waals surface area contributed by atoms with Gasteiger partial charge >= 0.3 is 0 Å². The number of alkyl halides is 2. The van der Waals surface area contributed by atoms with Crippen LogP contribution in [0.15, 0.2) is 79.1 Å². The lowest BCUT2D eigenvalue weighted by Gasteiger charge is -2.19. The Balaban J connectivity index is 1.42. The SMILES string of the molecule is Cc1ccc(C(C)Oc2nccnc2-c2ccc(NC(=O)Cc3ccc(C(F)(F)C(C)O)cc3)cc2)c(C)c1. The van der Waals surface area contributed by atoms with E-state index < -0.39 is 12.0 Å². The molecule has 39 heavy (non-hydrogen) atoms. The predicted octanol–water partition coefficient (Wildman–Crippen LogP) is 6.55. The van der Waals surface area contributed by atoms with Crippen LogP contribution in [0.1, 0.15) is 47.8 Å². The summed E-state index contributed by atoms with van der Waals surface area (Å²) < 4.78 is 34.1. The van der Waals surface area contributed by atoms with E-state index in [1.54, 1.807) is 24.5 Å². The Hall–Kier alpha value is -4.17. The zero-order valence-electron chi connectivity index (χ0n) is 22.3. The highest BCUT2D eigenvalue weighted by atomic mass is 19.3. The first-order chi connectivity index (χ1) is 18.5. The number of aliphatic hydroxyl groups is 1. The largest absolute Gasteiger partial charge is 0.468 e. The fourth-order valence-electron chi connectivity index (χ4n) is 4.31. The normalized spacial score (nSPS) is 13.0. The van der Waals surface area contributed by atoms with Gasteiger partial charge in [-0.05, 0) is 56.5 Å². The quantitative estimate of drug-likeness (QED) is 0.256. The number of amides is 1. The molecule has 0 spiro atoms. The van der Waals surface area contributed by atoms with Crippen LogP contribution in [0, 0.1) is 13.8 Å². The van der Waals surface area contributed by atoms with E-state index in [9.17, 15) is 18.7 Å². The van der Waals surface area contributed by atoms with Crippen molar-refractivity contribution >= 4 is 11.6 Å². The molecule has 0 aliphatic heterocycles. The van der Waals surface area contributed by atoms with Crippen molar-refractivity contribution in [1.29, 1.82) is 0 Å². The van der Waals surface area contributed by atoms with Crippen LogP contribution in [-0.2, 0) is 17.1 Å². The number of aliphatic hydroxyl groups excluding tert-OH is 1. The van der Waals surface area contributed by atoms with Crippen LogP contribution in [0.3, 0.4) is 0 Å². The van der Waals surface area contributed by atoms with Gasteiger partial charge in [-0.25, -0.2) is 9.97 Å². The van der Waals surface area contributed by atoms with Crippen LogP contribution in [0.5, 0.6) is 5.88 Å². The Bertz CT molecular complexity index is 1440. The van der Waals surface area contributed by atoms with E-state index in [1.165, 1.54) is 29.8 Å². The van der Waals surface area contributed by atoms with Gasteiger partial charge < -0.3 is 15.2 Å². The molecule has 2 unspecified atom stereocenters. The lowest BCUT2D eigenvalue weighted by Crippen LogP contribution is -2.27. The third-order valence-corrected chi connectivity index (χ3v) is 6.49. The Kier molecular flexibility index (Phi) is 8.35. The Labute approximate surface area is 226 Å². The summed E-state index contributed by atoms with van der Waals surface area (Å²) >= 11 is 0. The molecule has 0 fully saturated rings. The zero-order chi connectivity index (χ0) is 28.2. The van der Waals surface area contributed by atoms with Gasteiger partial charge in [0.05, 0.1) is 6.42 Å². The van der Waals surface area contributed by atoms with E-state index >= 15 is 0 Å². The molecule has 0 saturated heterocycles. The minimum absolute atomic E-state index is 0.0146. The molecule has 0 aliphatic carbocycles. The number of carbonyl (C=O) groups is 1. The topological polar surface area (TPSA) is 84.3 Å². The summed E-state index contributed by atoms with van der Waals surface area (Å²) in [7, 11) is 0. The lowest BCUT2D eigenvalue weighted by atomic mass is 10.0. The Morgan fingerprint density at radius 3 is 2.28 bits per heavy atom. The maximum Gasteiger partial charge on any atom is 0.298 e. The summed E-state index contributed by atoms with van der Waals surface area (Å²) in [6, 6.07) is 18.8. The number of aromatic nitrogens is 2. The molecule has 0 aliphatic rings. The minimum Gasteiger partial charge on any atom is -0.468 e. The van der Waals surface area contributed by atoms with Gasteiger partial charge in [-0.1, -0.05) is 60.2 Å². The highest BCUT2D eigenvalue weighted by molar-refractivity contribution is 5.92. The van der Waals surface area contributed by atoms with Crippen molar-refractivity contribution in [3.63, 3.8) is 0 Å². The summed E-state index contributed by atoms with van der Waals surface area (Å²) in [6.07, 6.45) is 1.16. The van der Waals surface area contributed by atoms with Crippen molar-refractivity contribution in [3.8, 4) is 17.1 Å². The molecular weight excluding hydrogens is 500 g/mol. The lowest BCUT2D eigenvalue weighted by molar-refractivity contribution is -0.115. The van der Waals surface area contributed by atoms with Crippen LogP contribution in [0.2, 0.25) is 0 Å². The highest BCUT2D eigenvalue weighted by Crippen LogP contribution is 2.32. The summed E-state index contributed by atoms with van der Waals surface area (Å²) in [5.74, 6) is -3.23. The average molecular weight is 532 g/mol. The fraction of sp³-hybridized carbons (Fsp3) is 0.258. The number of halogens is 2. The maximum absolute atomic E-state index is 14.0. The van der Waals surface area contributed by atoms with Gasteiger partial charge in [0, 0.05) is 29.2 Å². The third-order valence-electron chi connectivity index (χ3n) is 6.49. The number of benzene rings is 3. The number of rotatable bonds is 9. The molecule has 4 aromatic rings. The number of aryl methyl sites for hydroxylation is 2. The third kappa shape index (κ3) is 6.64. The van der Waals surface area contributed by atoms with Crippen LogP contribution < -0.4 is 10.1 Å². The summed E-state index contributed by atoms with van der Waals surface area (Å²) in [5.41, 5.74) is 5.62. The second-order valence-corrected chi connectivity index (χ2v) is 9.63. The van der Waals surface area contributed by atoms with Crippen molar-refractivity contribution in [1.82, 2.24) is 9.97 Å². The zero-order valence-corrected chi connectivity index (χ0v) is 22.3. The minimum atomic E-state index is -3.35. The van der Waals surface area contributed by atoms with Crippen LogP contribution in [0.4, 0.5) is 14.5 Å². The van der Waals surface area contributed by atoms with E-state index in [2.05, 4.69) is 47.3 Å². The van der Waals surface area contributed by atoms with Crippen molar-refractivity contribution in [2.24, 2.45) is 0 Å². The molecule has 1 heterocycles. The number of nitrogens with one attached hydrogen (secondary N) is 1. The Morgan fingerprint density at radius 2 is 1.64 bits per heavy atom. The number of hydrogen-bond donors (Lipinski definition) is 2. The number of carbonyl (C=O) groups excluding carboxylic acids is 1. The van der Waals surface area contributed by atoms with E-state index in [4.69, 9.17) is 4.74 Å². The van der Waals surface area contributed by atoms with Gasteiger partial charge in [0.15, 0.2) is 0 Å². The molecule has 2 N–H and O–H groups in total. The van der Waals surface area contributed by atoms with Crippen LogP contribution >= 0.6 is 0 Å². The smallest absolute Gasteiger partial charge is 0.298 e. The molecular formula is C31H31F2N3O3. The van der Waals surface area contributed by atoms with E-state index in [0.717, 1.165) is 23.6 Å². The number of ether oxygens (including phenoxy) is 1. The summed E-state index contributed by atoms with van der Waals surface area (Å²) in [5, 5.41) is 12.1. The molecule has 0 radical (unpaired) electrons. The molecule has 8 heteroatoms. The summed E-state index contributed by atoms with van der Waals surface area (Å²) in [4.78, 5) is 21.4.